The van der Waals surface area contributed by atoms with Crippen molar-refractivity contribution in [2.75, 3.05) is 18.4 Å². The monoisotopic (exact) mass is 502 g/mol. The molecule has 0 radical (unpaired) electrons. The van der Waals surface area contributed by atoms with Gasteiger partial charge in [0.2, 0.25) is 11.8 Å². The van der Waals surface area contributed by atoms with Crippen LogP contribution in [-0.4, -0.2) is 39.6 Å². The third kappa shape index (κ3) is 7.78. The number of carbonyl (C=O) groups excluding carboxylic acids is 2. The van der Waals surface area contributed by atoms with Gasteiger partial charge in [0.1, 0.15) is 5.82 Å². The summed E-state index contributed by atoms with van der Waals surface area (Å²) in [7, 11) is 0. The molecule has 3 aromatic rings. The SMILES string of the molecule is CCCCCCCCCC(=O)N(CC)CC(=O)Nc1c(-c2ccccc2)c(C)nn1-c1ccccc1C. The molecule has 0 aliphatic rings. The summed E-state index contributed by atoms with van der Waals surface area (Å²) in [6.45, 7) is 8.65. The molecule has 0 spiro atoms. The van der Waals surface area contributed by atoms with Crippen LogP contribution in [0.4, 0.5) is 5.82 Å². The molecule has 198 valence electrons. The molecule has 1 N–H and O–H groups in total. The lowest BCUT2D eigenvalue weighted by Gasteiger charge is -2.21. The predicted octanol–water partition coefficient (Wildman–Crippen LogP) is 7.08. The minimum atomic E-state index is -0.221. The minimum absolute atomic E-state index is 0.0259. The summed E-state index contributed by atoms with van der Waals surface area (Å²) in [4.78, 5) is 27.8. The first-order valence-electron chi connectivity index (χ1n) is 13.7. The first kappa shape index (κ1) is 28.2. The van der Waals surface area contributed by atoms with Crippen LogP contribution in [0.1, 0.15) is 76.5 Å². The molecule has 0 fully saturated rings. The summed E-state index contributed by atoms with van der Waals surface area (Å²) in [5, 5.41) is 7.91. The lowest BCUT2D eigenvalue weighted by atomic mass is 10.1. The quantitative estimate of drug-likeness (QED) is 0.239. The lowest BCUT2D eigenvalue weighted by Crippen LogP contribution is -2.38. The lowest BCUT2D eigenvalue weighted by molar-refractivity contribution is -0.134. The van der Waals surface area contributed by atoms with E-state index in [1.165, 1.54) is 32.1 Å². The molecule has 0 atom stereocenters. The average molecular weight is 503 g/mol. The highest BCUT2D eigenvalue weighted by Gasteiger charge is 2.22. The van der Waals surface area contributed by atoms with Crippen LogP contribution >= 0.6 is 0 Å². The van der Waals surface area contributed by atoms with Crippen molar-refractivity contribution in [3.63, 3.8) is 0 Å². The Morgan fingerprint density at radius 2 is 1.51 bits per heavy atom. The summed E-state index contributed by atoms with van der Waals surface area (Å²) in [5.41, 5.74) is 4.66. The maximum absolute atomic E-state index is 13.3. The second kappa shape index (κ2) is 14.4. The smallest absolute Gasteiger partial charge is 0.245 e. The van der Waals surface area contributed by atoms with Gasteiger partial charge in [-0.15, -0.1) is 0 Å². The number of aryl methyl sites for hydroxylation is 2. The summed E-state index contributed by atoms with van der Waals surface area (Å²) < 4.78 is 1.81. The van der Waals surface area contributed by atoms with Crippen LogP contribution < -0.4 is 5.32 Å². The molecule has 3 rings (SSSR count). The molecule has 0 saturated carbocycles. The van der Waals surface area contributed by atoms with Crippen molar-refractivity contribution < 1.29 is 9.59 Å². The second-order valence-corrected chi connectivity index (χ2v) is 9.70. The summed E-state index contributed by atoms with van der Waals surface area (Å²) in [6.07, 6.45) is 8.63. The van der Waals surface area contributed by atoms with Gasteiger partial charge in [-0.05, 0) is 44.4 Å². The third-order valence-electron chi connectivity index (χ3n) is 6.79. The van der Waals surface area contributed by atoms with Gasteiger partial charge in [-0.3, -0.25) is 9.59 Å². The van der Waals surface area contributed by atoms with Gasteiger partial charge in [-0.1, -0.05) is 94.0 Å². The van der Waals surface area contributed by atoms with Gasteiger partial charge in [-0.25, -0.2) is 4.68 Å². The van der Waals surface area contributed by atoms with Crippen molar-refractivity contribution in [1.29, 1.82) is 0 Å². The number of rotatable bonds is 14. The number of para-hydroxylation sites is 1. The highest BCUT2D eigenvalue weighted by molar-refractivity contribution is 5.98. The zero-order valence-corrected chi connectivity index (χ0v) is 22.9. The Morgan fingerprint density at radius 1 is 0.865 bits per heavy atom. The number of nitrogens with zero attached hydrogens (tertiary/aromatic N) is 3. The van der Waals surface area contributed by atoms with Crippen LogP contribution in [0, 0.1) is 13.8 Å². The Balaban J connectivity index is 1.74. The van der Waals surface area contributed by atoms with Crippen molar-refractivity contribution >= 4 is 17.6 Å². The molecule has 37 heavy (non-hydrogen) atoms. The summed E-state index contributed by atoms with van der Waals surface area (Å²) in [5.74, 6) is 0.443. The third-order valence-corrected chi connectivity index (χ3v) is 6.79. The van der Waals surface area contributed by atoms with Crippen molar-refractivity contribution in [3.05, 3.63) is 65.9 Å². The first-order chi connectivity index (χ1) is 18.0. The Morgan fingerprint density at radius 3 is 2.19 bits per heavy atom. The fourth-order valence-corrected chi connectivity index (χ4v) is 4.68. The van der Waals surface area contributed by atoms with Gasteiger partial charge in [-0.2, -0.15) is 5.10 Å². The Hall–Kier alpha value is -3.41. The van der Waals surface area contributed by atoms with E-state index in [1.807, 2.05) is 80.1 Å². The second-order valence-electron chi connectivity index (χ2n) is 9.70. The molecule has 0 bridgehead atoms. The van der Waals surface area contributed by atoms with E-state index in [-0.39, 0.29) is 18.4 Å². The van der Waals surface area contributed by atoms with E-state index in [0.29, 0.717) is 18.8 Å². The number of unbranched alkanes of at least 4 members (excludes halogenated alkanes) is 6. The van der Waals surface area contributed by atoms with Crippen LogP contribution in [0.15, 0.2) is 54.6 Å². The van der Waals surface area contributed by atoms with Gasteiger partial charge >= 0.3 is 0 Å². The van der Waals surface area contributed by atoms with E-state index in [1.54, 1.807) is 4.90 Å². The number of aromatic nitrogens is 2. The topological polar surface area (TPSA) is 67.2 Å². The zero-order chi connectivity index (χ0) is 26.6. The molecule has 2 amide bonds. The van der Waals surface area contributed by atoms with E-state index in [9.17, 15) is 9.59 Å². The Labute approximate surface area is 222 Å². The number of hydrogen-bond acceptors (Lipinski definition) is 3. The van der Waals surface area contributed by atoms with E-state index in [0.717, 1.165) is 40.9 Å². The molecule has 0 aliphatic carbocycles. The first-order valence-corrected chi connectivity index (χ1v) is 13.7. The molecular formula is C31H42N4O2. The van der Waals surface area contributed by atoms with E-state index in [4.69, 9.17) is 5.10 Å². The van der Waals surface area contributed by atoms with Crippen LogP contribution in [-0.2, 0) is 9.59 Å². The fourth-order valence-electron chi connectivity index (χ4n) is 4.68. The summed E-state index contributed by atoms with van der Waals surface area (Å²) in [6, 6.07) is 17.9. The molecule has 6 nitrogen and oxygen atoms in total. The molecule has 0 aliphatic heterocycles. The van der Waals surface area contributed by atoms with Crippen molar-refractivity contribution in [1.82, 2.24) is 14.7 Å². The van der Waals surface area contributed by atoms with Crippen LogP contribution in [0.2, 0.25) is 0 Å². The highest BCUT2D eigenvalue weighted by atomic mass is 16.2. The van der Waals surface area contributed by atoms with E-state index in [2.05, 4.69) is 12.2 Å². The van der Waals surface area contributed by atoms with Crippen molar-refractivity contribution in [2.45, 2.75) is 79.1 Å². The van der Waals surface area contributed by atoms with Gasteiger partial charge < -0.3 is 10.2 Å². The maximum atomic E-state index is 13.3. The summed E-state index contributed by atoms with van der Waals surface area (Å²) >= 11 is 0. The average Bonchev–Trinajstić information content (AvgIpc) is 3.22. The van der Waals surface area contributed by atoms with E-state index >= 15 is 0 Å². The predicted molar refractivity (Wildman–Crippen MR) is 152 cm³/mol. The van der Waals surface area contributed by atoms with Gasteiger partial charge in [0.25, 0.3) is 0 Å². The van der Waals surface area contributed by atoms with Crippen molar-refractivity contribution in [3.8, 4) is 16.8 Å². The zero-order valence-electron chi connectivity index (χ0n) is 22.9. The Kier molecular flexibility index (Phi) is 10.9. The molecule has 0 saturated heterocycles. The number of benzene rings is 2. The molecule has 0 unspecified atom stereocenters. The number of hydrogen-bond donors (Lipinski definition) is 1. The molecule has 1 aromatic heterocycles. The van der Waals surface area contributed by atoms with Crippen LogP contribution in [0.25, 0.3) is 16.8 Å². The molecule has 6 heteroatoms. The number of amides is 2. The van der Waals surface area contributed by atoms with Crippen LogP contribution in [0.3, 0.4) is 0 Å². The maximum Gasteiger partial charge on any atom is 0.245 e. The van der Waals surface area contributed by atoms with Gasteiger partial charge in [0.05, 0.1) is 17.9 Å². The number of likely N-dealkylation sites (N-methyl/N-ethyl adjacent to an activating group) is 1. The largest absolute Gasteiger partial charge is 0.334 e. The standard InChI is InChI=1S/C31H42N4O2/c1-5-7-8-9-10-11-15-22-29(37)34(6-2)23-28(36)32-31-30(26-19-13-12-14-20-26)25(4)33-35(31)27-21-17-16-18-24(27)3/h12-14,16-21H,5-11,15,22-23H2,1-4H3,(H,32,36). The van der Waals surface area contributed by atoms with Gasteiger partial charge in [0, 0.05) is 18.5 Å². The normalized spacial score (nSPS) is 10.9. The molecular weight excluding hydrogens is 460 g/mol. The number of nitrogens with one attached hydrogen (secondary N) is 1. The fraction of sp³-hybridized carbons (Fsp3) is 0.452. The van der Waals surface area contributed by atoms with Crippen molar-refractivity contribution in [2.24, 2.45) is 0 Å². The highest BCUT2D eigenvalue weighted by Crippen LogP contribution is 2.34. The van der Waals surface area contributed by atoms with Crippen LogP contribution in [0.5, 0.6) is 0 Å². The number of anilines is 1. The number of carbonyl (C=O) groups is 2. The Bertz CT molecular complexity index is 1150. The molecule has 2 aromatic carbocycles. The molecule has 1 heterocycles. The van der Waals surface area contributed by atoms with E-state index < -0.39 is 0 Å². The van der Waals surface area contributed by atoms with Gasteiger partial charge in [0.15, 0.2) is 0 Å². The minimum Gasteiger partial charge on any atom is -0.334 e.